The van der Waals surface area contributed by atoms with Crippen LogP contribution in [0.1, 0.15) is 39.0 Å². The highest BCUT2D eigenvalue weighted by Gasteiger charge is 2.10. The van der Waals surface area contributed by atoms with Crippen LogP contribution in [0.5, 0.6) is 0 Å². The van der Waals surface area contributed by atoms with Gasteiger partial charge in [0.15, 0.2) is 5.78 Å². The van der Waals surface area contributed by atoms with Crippen molar-refractivity contribution in [3.63, 3.8) is 0 Å². The van der Waals surface area contributed by atoms with Crippen molar-refractivity contribution >= 4 is 11.5 Å². The summed E-state index contributed by atoms with van der Waals surface area (Å²) >= 11 is 0. The Bertz CT molecular complexity index is 230. The van der Waals surface area contributed by atoms with Crippen LogP contribution in [0.25, 0.3) is 0 Å². The normalized spacial score (nSPS) is 21.5. The average molecular weight is 179 g/mol. The van der Waals surface area contributed by atoms with E-state index in [1.54, 1.807) is 0 Å². The van der Waals surface area contributed by atoms with E-state index >= 15 is 0 Å². The van der Waals surface area contributed by atoms with Gasteiger partial charge in [-0.3, -0.25) is 4.79 Å². The number of hydrogen-bond acceptors (Lipinski definition) is 2. The van der Waals surface area contributed by atoms with Crippen molar-refractivity contribution in [2.75, 3.05) is 0 Å². The Morgan fingerprint density at radius 1 is 1.62 bits per heavy atom. The second-order valence-corrected chi connectivity index (χ2v) is 3.69. The predicted octanol–water partition coefficient (Wildman–Crippen LogP) is 2.73. The number of nitrogens with one attached hydrogen (secondary N) is 1. The summed E-state index contributed by atoms with van der Waals surface area (Å²) in [5.41, 5.74) is 0.277. The van der Waals surface area contributed by atoms with Gasteiger partial charge in [0.1, 0.15) is 0 Å². The third kappa shape index (κ3) is 3.53. The van der Waals surface area contributed by atoms with Crippen molar-refractivity contribution < 1.29 is 4.79 Å². The summed E-state index contributed by atoms with van der Waals surface area (Å²) in [6, 6.07) is 0. The van der Waals surface area contributed by atoms with Crippen molar-refractivity contribution in [3.8, 4) is 0 Å². The van der Waals surface area contributed by atoms with Gasteiger partial charge in [-0.25, -0.2) is 0 Å². The molecule has 2 heteroatoms. The van der Waals surface area contributed by atoms with Crippen molar-refractivity contribution in [2.24, 2.45) is 5.92 Å². The molecular formula is C11H17NO. The lowest BCUT2D eigenvalue weighted by Gasteiger charge is -2.15. The maximum atomic E-state index is 10.8. The van der Waals surface area contributed by atoms with Crippen LogP contribution >= 0.6 is 0 Å². The molecule has 1 aliphatic carbocycles. The van der Waals surface area contributed by atoms with E-state index in [-0.39, 0.29) is 11.5 Å². The fourth-order valence-corrected chi connectivity index (χ4v) is 1.63. The van der Waals surface area contributed by atoms with E-state index in [0.29, 0.717) is 12.3 Å². The van der Waals surface area contributed by atoms with E-state index in [1.807, 2.05) is 0 Å². The molecule has 0 heterocycles. The summed E-state index contributed by atoms with van der Waals surface area (Å²) in [4.78, 5) is 10.8. The van der Waals surface area contributed by atoms with Crippen LogP contribution in [-0.4, -0.2) is 11.5 Å². The van der Waals surface area contributed by atoms with E-state index < -0.39 is 0 Å². The minimum atomic E-state index is -0.0835. The van der Waals surface area contributed by atoms with Crippen LogP contribution in [0, 0.1) is 11.3 Å². The minimum Gasteiger partial charge on any atom is -0.302 e. The van der Waals surface area contributed by atoms with Gasteiger partial charge in [-0.15, -0.1) is 0 Å². The number of allylic oxidation sites excluding steroid dienone is 2. The Balaban J connectivity index is 2.25. The molecule has 0 saturated carbocycles. The highest BCUT2D eigenvalue weighted by atomic mass is 16.1. The van der Waals surface area contributed by atoms with Gasteiger partial charge in [-0.1, -0.05) is 12.2 Å². The van der Waals surface area contributed by atoms with E-state index in [2.05, 4.69) is 12.2 Å². The Morgan fingerprint density at radius 3 is 2.92 bits per heavy atom. The molecule has 1 atom stereocenters. The Kier molecular flexibility index (Phi) is 3.87. The van der Waals surface area contributed by atoms with E-state index in [4.69, 9.17) is 5.41 Å². The molecule has 1 N–H and O–H groups in total. The SMILES string of the molecule is CC(=O)C(=N)CCC1C=CCCC1. The summed E-state index contributed by atoms with van der Waals surface area (Å²) in [7, 11) is 0. The third-order valence-electron chi connectivity index (χ3n) is 2.54. The summed E-state index contributed by atoms with van der Waals surface area (Å²) < 4.78 is 0. The molecule has 0 saturated heterocycles. The fourth-order valence-electron chi connectivity index (χ4n) is 1.63. The summed E-state index contributed by atoms with van der Waals surface area (Å²) in [6.07, 6.45) is 9.73. The largest absolute Gasteiger partial charge is 0.302 e. The zero-order valence-corrected chi connectivity index (χ0v) is 8.18. The first kappa shape index (κ1) is 10.2. The minimum absolute atomic E-state index is 0.0835. The monoisotopic (exact) mass is 179 g/mol. The fraction of sp³-hybridized carbons (Fsp3) is 0.636. The van der Waals surface area contributed by atoms with Crippen molar-refractivity contribution in [1.82, 2.24) is 0 Å². The zero-order valence-electron chi connectivity index (χ0n) is 8.18. The van der Waals surface area contributed by atoms with Gasteiger partial charge >= 0.3 is 0 Å². The van der Waals surface area contributed by atoms with E-state index in [1.165, 1.54) is 26.2 Å². The molecule has 0 aliphatic heterocycles. The molecule has 0 spiro atoms. The molecule has 0 aromatic heterocycles. The molecule has 0 aromatic carbocycles. The van der Waals surface area contributed by atoms with Crippen molar-refractivity contribution in [2.45, 2.75) is 39.0 Å². The van der Waals surface area contributed by atoms with Gasteiger partial charge in [-0.2, -0.15) is 0 Å². The molecule has 1 rings (SSSR count). The van der Waals surface area contributed by atoms with E-state index in [0.717, 1.165) is 6.42 Å². The Morgan fingerprint density at radius 2 is 2.38 bits per heavy atom. The van der Waals surface area contributed by atoms with Crippen molar-refractivity contribution in [3.05, 3.63) is 12.2 Å². The zero-order chi connectivity index (χ0) is 9.68. The molecule has 0 radical (unpaired) electrons. The smallest absolute Gasteiger partial charge is 0.173 e. The number of hydrogen-bond donors (Lipinski definition) is 1. The highest BCUT2D eigenvalue weighted by molar-refractivity contribution is 6.37. The van der Waals surface area contributed by atoms with Crippen LogP contribution in [0.2, 0.25) is 0 Å². The van der Waals surface area contributed by atoms with Gasteiger partial charge in [0.05, 0.1) is 5.71 Å². The van der Waals surface area contributed by atoms with Crippen molar-refractivity contribution in [1.29, 1.82) is 5.41 Å². The lowest BCUT2D eigenvalue weighted by molar-refractivity contribution is -0.111. The number of ketones is 1. The molecule has 1 aliphatic rings. The first-order chi connectivity index (χ1) is 6.20. The van der Waals surface area contributed by atoms with Gasteiger partial charge in [-0.05, 0) is 38.0 Å². The van der Waals surface area contributed by atoms with Gasteiger partial charge in [0.2, 0.25) is 0 Å². The molecule has 1 unspecified atom stereocenters. The van der Waals surface area contributed by atoms with Crippen LogP contribution < -0.4 is 0 Å². The first-order valence-electron chi connectivity index (χ1n) is 4.95. The molecular weight excluding hydrogens is 162 g/mol. The van der Waals surface area contributed by atoms with Crippen LogP contribution in [0.3, 0.4) is 0 Å². The molecule has 13 heavy (non-hydrogen) atoms. The topological polar surface area (TPSA) is 40.9 Å². The lowest BCUT2D eigenvalue weighted by Crippen LogP contribution is -2.11. The second kappa shape index (κ2) is 4.95. The van der Waals surface area contributed by atoms with Crippen LogP contribution in [0.4, 0.5) is 0 Å². The van der Waals surface area contributed by atoms with Crippen LogP contribution in [0.15, 0.2) is 12.2 Å². The average Bonchev–Trinajstić information content (AvgIpc) is 2.15. The molecule has 0 bridgehead atoms. The predicted molar refractivity (Wildman–Crippen MR) is 54.1 cm³/mol. The second-order valence-electron chi connectivity index (χ2n) is 3.69. The quantitative estimate of drug-likeness (QED) is 0.523. The maximum absolute atomic E-state index is 10.8. The highest BCUT2D eigenvalue weighted by Crippen LogP contribution is 2.21. The Hall–Kier alpha value is -0.920. The maximum Gasteiger partial charge on any atom is 0.173 e. The molecule has 0 fully saturated rings. The van der Waals surface area contributed by atoms with E-state index in [9.17, 15) is 4.79 Å². The number of carbonyl (C=O) groups excluding carboxylic acids is 1. The summed E-state index contributed by atoms with van der Waals surface area (Å²) in [6.45, 7) is 1.47. The lowest BCUT2D eigenvalue weighted by atomic mass is 9.91. The van der Waals surface area contributed by atoms with Gasteiger partial charge in [0.25, 0.3) is 0 Å². The molecule has 72 valence electrons. The van der Waals surface area contributed by atoms with Gasteiger partial charge < -0.3 is 5.41 Å². The third-order valence-corrected chi connectivity index (χ3v) is 2.54. The Labute approximate surface area is 79.5 Å². The first-order valence-corrected chi connectivity index (χ1v) is 4.95. The molecule has 0 amide bonds. The number of Topliss-reactive ketones (excluding diaryl/α,β-unsaturated/α-hetero) is 1. The van der Waals surface area contributed by atoms with Crippen LogP contribution in [-0.2, 0) is 4.79 Å². The number of rotatable bonds is 4. The summed E-state index contributed by atoms with van der Waals surface area (Å²) in [5, 5.41) is 7.39. The van der Waals surface area contributed by atoms with Gasteiger partial charge in [0, 0.05) is 6.92 Å². The molecule has 0 aromatic rings. The standard InChI is InChI=1S/C11H17NO/c1-9(13)11(12)8-7-10-5-3-2-4-6-10/h3,5,10,12H,2,4,6-8H2,1H3. The molecule has 2 nitrogen and oxygen atoms in total. The number of carbonyl (C=O) groups is 1. The summed E-state index contributed by atoms with van der Waals surface area (Å²) in [5.74, 6) is 0.522.